The second kappa shape index (κ2) is 4.49. The standard InChI is InChI=1S/C14H16O3/c15-13(12-7-3-8-16-12)11-6-1-4-10-5-2-9-17-14(10)11/h1,4,6,12H,2-3,5,7-9H2. The predicted octanol–water partition coefficient (Wildman–Crippen LogP) is 2.37. The van der Waals surface area contributed by atoms with E-state index in [9.17, 15) is 4.79 Å². The summed E-state index contributed by atoms with van der Waals surface area (Å²) < 4.78 is 11.1. The smallest absolute Gasteiger partial charge is 0.195 e. The molecule has 3 heteroatoms. The van der Waals surface area contributed by atoms with Crippen LogP contribution in [-0.2, 0) is 11.2 Å². The number of Topliss-reactive ketones (excluding diaryl/α,β-unsaturated/α-hetero) is 1. The molecule has 2 aliphatic heterocycles. The van der Waals surface area contributed by atoms with Gasteiger partial charge in [0.2, 0.25) is 0 Å². The van der Waals surface area contributed by atoms with E-state index in [1.165, 1.54) is 0 Å². The van der Waals surface area contributed by atoms with Gasteiger partial charge in [0.05, 0.1) is 12.2 Å². The fraction of sp³-hybridized carbons (Fsp3) is 0.500. The third-order valence-electron chi connectivity index (χ3n) is 3.42. The molecule has 17 heavy (non-hydrogen) atoms. The third kappa shape index (κ3) is 1.95. The minimum atomic E-state index is -0.257. The molecule has 0 aromatic heterocycles. The lowest BCUT2D eigenvalue weighted by atomic mass is 9.97. The molecule has 2 aliphatic rings. The van der Waals surface area contributed by atoms with Crippen LogP contribution in [0.5, 0.6) is 5.75 Å². The van der Waals surface area contributed by atoms with Gasteiger partial charge in [0, 0.05) is 6.61 Å². The van der Waals surface area contributed by atoms with Crippen molar-refractivity contribution in [3.8, 4) is 5.75 Å². The summed E-state index contributed by atoms with van der Waals surface area (Å²) in [6, 6.07) is 5.84. The van der Waals surface area contributed by atoms with E-state index in [1.54, 1.807) is 0 Å². The largest absolute Gasteiger partial charge is 0.493 e. The molecule has 1 aromatic carbocycles. The second-order valence-corrected chi connectivity index (χ2v) is 4.61. The molecule has 1 aromatic rings. The number of carbonyl (C=O) groups is 1. The molecule has 1 unspecified atom stereocenters. The molecule has 90 valence electrons. The van der Waals surface area contributed by atoms with E-state index in [2.05, 4.69) is 0 Å². The Morgan fingerprint density at radius 3 is 3.00 bits per heavy atom. The normalized spacial score (nSPS) is 22.9. The van der Waals surface area contributed by atoms with Crippen LogP contribution in [0.4, 0.5) is 0 Å². The monoisotopic (exact) mass is 232 g/mol. The summed E-state index contributed by atoms with van der Waals surface area (Å²) in [6.07, 6.45) is 3.59. The number of aryl methyl sites for hydroxylation is 1. The minimum absolute atomic E-state index is 0.0845. The number of ether oxygens (including phenoxy) is 2. The van der Waals surface area contributed by atoms with Gasteiger partial charge in [-0.05, 0) is 37.3 Å². The van der Waals surface area contributed by atoms with E-state index in [4.69, 9.17) is 9.47 Å². The van der Waals surface area contributed by atoms with Crippen LogP contribution in [0.3, 0.4) is 0 Å². The van der Waals surface area contributed by atoms with Crippen molar-refractivity contribution in [2.75, 3.05) is 13.2 Å². The van der Waals surface area contributed by atoms with Crippen molar-refractivity contribution in [2.24, 2.45) is 0 Å². The Labute approximate surface area is 101 Å². The average Bonchev–Trinajstić information content (AvgIpc) is 2.91. The summed E-state index contributed by atoms with van der Waals surface area (Å²) in [6.45, 7) is 1.41. The lowest BCUT2D eigenvalue weighted by molar-refractivity contribution is 0.0638. The van der Waals surface area contributed by atoms with Gasteiger partial charge in [0.15, 0.2) is 5.78 Å². The van der Waals surface area contributed by atoms with Gasteiger partial charge >= 0.3 is 0 Å². The van der Waals surface area contributed by atoms with E-state index >= 15 is 0 Å². The van der Waals surface area contributed by atoms with Crippen molar-refractivity contribution in [2.45, 2.75) is 31.8 Å². The Hall–Kier alpha value is -1.35. The zero-order valence-electron chi connectivity index (χ0n) is 9.78. The number of rotatable bonds is 2. The summed E-state index contributed by atoms with van der Waals surface area (Å²) >= 11 is 0. The number of para-hydroxylation sites is 1. The summed E-state index contributed by atoms with van der Waals surface area (Å²) in [4.78, 5) is 12.3. The molecule has 1 atom stereocenters. The zero-order valence-corrected chi connectivity index (χ0v) is 9.78. The molecule has 0 bridgehead atoms. The maximum atomic E-state index is 12.3. The minimum Gasteiger partial charge on any atom is -0.493 e. The van der Waals surface area contributed by atoms with Crippen LogP contribution in [0, 0.1) is 0 Å². The van der Waals surface area contributed by atoms with E-state index in [0.717, 1.165) is 37.0 Å². The number of carbonyl (C=O) groups excluding carboxylic acids is 1. The first kappa shape index (κ1) is 10.8. The van der Waals surface area contributed by atoms with Crippen molar-refractivity contribution in [1.29, 1.82) is 0 Å². The number of ketones is 1. The van der Waals surface area contributed by atoms with E-state index in [0.29, 0.717) is 18.8 Å². The Morgan fingerprint density at radius 1 is 1.24 bits per heavy atom. The van der Waals surface area contributed by atoms with Crippen molar-refractivity contribution >= 4 is 5.78 Å². The van der Waals surface area contributed by atoms with E-state index in [1.807, 2.05) is 18.2 Å². The van der Waals surface area contributed by atoms with Crippen LogP contribution < -0.4 is 4.74 Å². The number of fused-ring (bicyclic) bond motifs is 1. The summed E-state index contributed by atoms with van der Waals surface area (Å²) in [5, 5.41) is 0. The van der Waals surface area contributed by atoms with E-state index in [-0.39, 0.29) is 11.9 Å². The van der Waals surface area contributed by atoms with Gasteiger partial charge in [-0.1, -0.05) is 12.1 Å². The Balaban J connectivity index is 1.94. The average molecular weight is 232 g/mol. The van der Waals surface area contributed by atoms with Crippen molar-refractivity contribution < 1.29 is 14.3 Å². The highest BCUT2D eigenvalue weighted by molar-refractivity contribution is 6.02. The van der Waals surface area contributed by atoms with Crippen LogP contribution in [0.2, 0.25) is 0 Å². The van der Waals surface area contributed by atoms with Crippen LogP contribution >= 0.6 is 0 Å². The molecule has 0 radical (unpaired) electrons. The van der Waals surface area contributed by atoms with Gasteiger partial charge in [0.25, 0.3) is 0 Å². The van der Waals surface area contributed by atoms with Gasteiger partial charge < -0.3 is 9.47 Å². The molecule has 1 saturated heterocycles. The molecule has 3 nitrogen and oxygen atoms in total. The highest BCUT2D eigenvalue weighted by atomic mass is 16.5. The van der Waals surface area contributed by atoms with Gasteiger partial charge in [0.1, 0.15) is 11.9 Å². The molecule has 2 heterocycles. The van der Waals surface area contributed by atoms with Gasteiger partial charge in [-0.25, -0.2) is 0 Å². The molecular weight excluding hydrogens is 216 g/mol. The van der Waals surface area contributed by atoms with Crippen molar-refractivity contribution in [1.82, 2.24) is 0 Å². The second-order valence-electron chi connectivity index (χ2n) is 4.61. The Kier molecular flexibility index (Phi) is 2.85. The quantitative estimate of drug-likeness (QED) is 0.734. The van der Waals surface area contributed by atoms with Crippen LogP contribution in [0.25, 0.3) is 0 Å². The molecule has 3 rings (SSSR count). The first-order valence-corrected chi connectivity index (χ1v) is 6.27. The van der Waals surface area contributed by atoms with Crippen LogP contribution in [0.1, 0.15) is 35.2 Å². The number of hydrogen-bond acceptors (Lipinski definition) is 3. The maximum Gasteiger partial charge on any atom is 0.195 e. The van der Waals surface area contributed by atoms with Crippen LogP contribution in [0.15, 0.2) is 18.2 Å². The zero-order chi connectivity index (χ0) is 11.7. The molecule has 0 saturated carbocycles. The first-order valence-electron chi connectivity index (χ1n) is 6.27. The highest BCUT2D eigenvalue weighted by Gasteiger charge is 2.28. The van der Waals surface area contributed by atoms with E-state index < -0.39 is 0 Å². The third-order valence-corrected chi connectivity index (χ3v) is 3.42. The Morgan fingerprint density at radius 2 is 2.18 bits per heavy atom. The Bertz CT molecular complexity index is 433. The number of benzene rings is 1. The summed E-state index contributed by atoms with van der Waals surface area (Å²) in [5.74, 6) is 0.875. The van der Waals surface area contributed by atoms with Gasteiger partial charge in [-0.2, -0.15) is 0 Å². The highest BCUT2D eigenvalue weighted by Crippen LogP contribution is 2.31. The van der Waals surface area contributed by atoms with Crippen LogP contribution in [-0.4, -0.2) is 25.1 Å². The molecule has 0 N–H and O–H groups in total. The topological polar surface area (TPSA) is 35.5 Å². The molecular formula is C14H16O3. The summed E-state index contributed by atoms with van der Waals surface area (Å²) in [7, 11) is 0. The first-order chi connectivity index (χ1) is 8.36. The number of hydrogen-bond donors (Lipinski definition) is 0. The lowest BCUT2D eigenvalue weighted by Crippen LogP contribution is -2.22. The fourth-order valence-corrected chi connectivity index (χ4v) is 2.54. The fourth-order valence-electron chi connectivity index (χ4n) is 2.54. The van der Waals surface area contributed by atoms with Crippen molar-refractivity contribution in [3.05, 3.63) is 29.3 Å². The maximum absolute atomic E-state index is 12.3. The van der Waals surface area contributed by atoms with Gasteiger partial charge in [-0.15, -0.1) is 0 Å². The predicted molar refractivity (Wildman–Crippen MR) is 63.6 cm³/mol. The summed E-state index contributed by atoms with van der Waals surface area (Å²) in [5.41, 5.74) is 1.86. The molecule has 0 amide bonds. The molecule has 0 aliphatic carbocycles. The van der Waals surface area contributed by atoms with Crippen molar-refractivity contribution in [3.63, 3.8) is 0 Å². The SMILES string of the molecule is O=C(c1cccc2c1OCCC2)C1CCCO1. The lowest BCUT2D eigenvalue weighted by Gasteiger charge is -2.20. The van der Waals surface area contributed by atoms with Gasteiger partial charge in [-0.3, -0.25) is 4.79 Å². The molecule has 1 fully saturated rings. The molecule has 0 spiro atoms.